The van der Waals surface area contributed by atoms with Gasteiger partial charge in [-0.15, -0.1) is 11.3 Å². The highest BCUT2D eigenvalue weighted by Crippen LogP contribution is 2.24. The van der Waals surface area contributed by atoms with Gasteiger partial charge in [-0.25, -0.2) is 14.8 Å². The maximum Gasteiger partial charge on any atom is 0.407 e. The van der Waals surface area contributed by atoms with Gasteiger partial charge in [-0.05, 0) is 44.2 Å². The van der Waals surface area contributed by atoms with Crippen LogP contribution >= 0.6 is 11.3 Å². The molecule has 0 fully saturated rings. The van der Waals surface area contributed by atoms with Crippen LogP contribution in [0.25, 0.3) is 10.7 Å². The minimum atomic E-state index is -0.469. The summed E-state index contributed by atoms with van der Waals surface area (Å²) in [4.78, 5) is 24.3. The van der Waals surface area contributed by atoms with E-state index in [2.05, 4.69) is 15.2 Å². The molecule has 1 N–H and O–H groups in total. The number of nitrogens with one attached hydrogen (secondary N) is 1. The number of alkyl carbamates (subject to hydrolysis) is 1. The third kappa shape index (κ3) is 4.99. The predicted octanol–water partition coefficient (Wildman–Crippen LogP) is 3.09. The average Bonchev–Trinajstić information content (AvgIpc) is 3.07. The zero-order valence-electron chi connectivity index (χ0n) is 14.9. The minimum absolute atomic E-state index is 0.368. The van der Waals surface area contributed by atoms with Crippen LogP contribution in [-0.4, -0.2) is 46.2 Å². The highest BCUT2D eigenvalue weighted by atomic mass is 32.1. The molecular formula is C18H24N4O2S. The van der Waals surface area contributed by atoms with Crippen molar-refractivity contribution in [2.75, 3.05) is 19.6 Å². The van der Waals surface area contributed by atoms with Crippen LogP contribution in [0.2, 0.25) is 0 Å². The van der Waals surface area contributed by atoms with Gasteiger partial charge in [-0.1, -0.05) is 6.07 Å². The van der Waals surface area contributed by atoms with Crippen molar-refractivity contribution >= 4 is 17.4 Å². The van der Waals surface area contributed by atoms with Gasteiger partial charge in [-0.2, -0.15) is 0 Å². The predicted molar refractivity (Wildman–Crippen MR) is 98.6 cm³/mol. The first-order valence-electron chi connectivity index (χ1n) is 8.48. The highest BCUT2D eigenvalue weighted by molar-refractivity contribution is 7.13. The molecule has 7 heteroatoms. The van der Waals surface area contributed by atoms with Crippen molar-refractivity contribution in [1.82, 2.24) is 20.2 Å². The Morgan fingerprint density at radius 1 is 1.44 bits per heavy atom. The number of aromatic nitrogens is 2. The molecule has 0 aliphatic carbocycles. The van der Waals surface area contributed by atoms with Crippen molar-refractivity contribution in [1.29, 1.82) is 0 Å². The first-order chi connectivity index (χ1) is 11.9. The fourth-order valence-electron chi connectivity index (χ4n) is 2.70. The lowest BCUT2D eigenvalue weighted by atomic mass is 10.1. The Kier molecular flexibility index (Phi) is 5.34. The van der Waals surface area contributed by atoms with Crippen molar-refractivity contribution in [2.24, 2.45) is 0 Å². The molecule has 0 spiro atoms. The lowest BCUT2D eigenvalue weighted by molar-refractivity contribution is 0.0521. The smallest absolute Gasteiger partial charge is 0.407 e. The van der Waals surface area contributed by atoms with Crippen LogP contribution in [0.15, 0.2) is 23.7 Å². The summed E-state index contributed by atoms with van der Waals surface area (Å²) in [5, 5.41) is 4.84. The Bertz CT molecular complexity index is 725. The standard InChI is InChI=1S/C18H24N4O2S/c1-18(2,3)24-17(23)19-7-9-22-8-6-13-11-20-16(21-14(13)12-22)15-5-4-10-25-15/h4-5,10-11H,6-9,12H2,1-3H3,(H,19,23). The topological polar surface area (TPSA) is 67.3 Å². The molecule has 2 aromatic rings. The van der Waals surface area contributed by atoms with Gasteiger partial charge < -0.3 is 10.1 Å². The Balaban J connectivity index is 1.54. The van der Waals surface area contributed by atoms with E-state index in [1.54, 1.807) is 11.3 Å². The molecule has 0 aromatic carbocycles. The number of amides is 1. The number of rotatable bonds is 4. The molecule has 3 rings (SSSR count). The second-order valence-electron chi connectivity index (χ2n) is 7.10. The van der Waals surface area contributed by atoms with Crippen molar-refractivity contribution in [3.63, 3.8) is 0 Å². The molecule has 134 valence electrons. The number of nitrogens with zero attached hydrogens (tertiary/aromatic N) is 3. The second-order valence-corrected chi connectivity index (χ2v) is 8.05. The van der Waals surface area contributed by atoms with Crippen molar-refractivity contribution in [3.05, 3.63) is 35.0 Å². The molecule has 0 radical (unpaired) electrons. The molecule has 2 aromatic heterocycles. The SMILES string of the molecule is CC(C)(C)OC(=O)NCCN1CCc2cnc(-c3cccs3)nc2C1. The van der Waals surface area contributed by atoms with E-state index in [4.69, 9.17) is 9.72 Å². The van der Waals surface area contributed by atoms with Crippen LogP contribution in [0, 0.1) is 0 Å². The van der Waals surface area contributed by atoms with Crippen molar-refractivity contribution in [3.8, 4) is 10.7 Å². The number of thiophene rings is 1. The summed E-state index contributed by atoms with van der Waals surface area (Å²) >= 11 is 1.65. The number of ether oxygens (including phenoxy) is 1. The summed E-state index contributed by atoms with van der Waals surface area (Å²) in [6.45, 7) is 8.65. The molecule has 0 unspecified atom stereocenters. The summed E-state index contributed by atoms with van der Waals surface area (Å²) in [6.07, 6.45) is 2.52. The molecule has 1 aliphatic heterocycles. The molecular weight excluding hydrogens is 336 g/mol. The number of hydrogen-bond donors (Lipinski definition) is 1. The fourth-order valence-corrected chi connectivity index (χ4v) is 3.37. The summed E-state index contributed by atoms with van der Waals surface area (Å²) in [6, 6.07) is 4.05. The van der Waals surface area contributed by atoms with E-state index < -0.39 is 5.60 Å². The van der Waals surface area contributed by atoms with E-state index in [-0.39, 0.29) is 6.09 Å². The zero-order chi connectivity index (χ0) is 17.9. The summed E-state index contributed by atoms with van der Waals surface area (Å²) in [7, 11) is 0. The molecule has 25 heavy (non-hydrogen) atoms. The molecule has 0 atom stereocenters. The van der Waals surface area contributed by atoms with E-state index in [0.717, 1.165) is 42.5 Å². The summed E-state index contributed by atoms with van der Waals surface area (Å²) in [5.41, 5.74) is 1.84. The number of hydrogen-bond acceptors (Lipinski definition) is 6. The quantitative estimate of drug-likeness (QED) is 0.907. The van der Waals surface area contributed by atoms with E-state index in [1.165, 1.54) is 5.56 Å². The van der Waals surface area contributed by atoms with Gasteiger partial charge in [0.25, 0.3) is 0 Å². The van der Waals surface area contributed by atoms with Crippen LogP contribution in [0.1, 0.15) is 32.0 Å². The molecule has 0 bridgehead atoms. The molecule has 6 nitrogen and oxygen atoms in total. The monoisotopic (exact) mass is 360 g/mol. The molecule has 1 amide bonds. The Hall–Kier alpha value is -1.99. The maximum atomic E-state index is 11.7. The van der Waals surface area contributed by atoms with Crippen LogP contribution in [0.3, 0.4) is 0 Å². The Labute approximate surface area is 152 Å². The minimum Gasteiger partial charge on any atom is -0.444 e. The normalized spacial score (nSPS) is 14.8. The first-order valence-corrected chi connectivity index (χ1v) is 9.36. The van der Waals surface area contributed by atoms with Crippen molar-refractivity contribution in [2.45, 2.75) is 39.3 Å². The molecule has 3 heterocycles. The molecule has 1 aliphatic rings. The Morgan fingerprint density at radius 3 is 3.00 bits per heavy atom. The van der Waals surface area contributed by atoms with Crippen LogP contribution in [0.4, 0.5) is 4.79 Å². The third-order valence-corrected chi connectivity index (χ3v) is 4.73. The molecule has 0 saturated heterocycles. The zero-order valence-corrected chi connectivity index (χ0v) is 15.7. The highest BCUT2D eigenvalue weighted by Gasteiger charge is 2.20. The number of fused-ring (bicyclic) bond motifs is 1. The largest absolute Gasteiger partial charge is 0.444 e. The third-order valence-electron chi connectivity index (χ3n) is 3.86. The van der Waals surface area contributed by atoms with Crippen LogP contribution < -0.4 is 5.32 Å². The van der Waals surface area contributed by atoms with Gasteiger partial charge in [0.05, 0.1) is 10.6 Å². The second kappa shape index (κ2) is 7.49. The van der Waals surface area contributed by atoms with Crippen LogP contribution in [0.5, 0.6) is 0 Å². The van der Waals surface area contributed by atoms with E-state index >= 15 is 0 Å². The number of carbonyl (C=O) groups excluding carboxylic acids is 1. The van der Waals surface area contributed by atoms with E-state index in [9.17, 15) is 4.79 Å². The fraction of sp³-hybridized carbons (Fsp3) is 0.500. The van der Waals surface area contributed by atoms with Gasteiger partial charge in [0, 0.05) is 32.4 Å². The summed E-state index contributed by atoms with van der Waals surface area (Å²) < 4.78 is 5.25. The lowest BCUT2D eigenvalue weighted by Crippen LogP contribution is -2.40. The van der Waals surface area contributed by atoms with Gasteiger partial charge in [0.15, 0.2) is 5.82 Å². The van der Waals surface area contributed by atoms with Crippen molar-refractivity contribution < 1.29 is 9.53 Å². The lowest BCUT2D eigenvalue weighted by Gasteiger charge is -2.28. The van der Waals surface area contributed by atoms with E-state index in [0.29, 0.717) is 6.54 Å². The molecule has 0 saturated carbocycles. The van der Waals surface area contributed by atoms with Gasteiger partial charge in [-0.3, -0.25) is 4.90 Å². The maximum absolute atomic E-state index is 11.7. The van der Waals surface area contributed by atoms with Crippen LogP contribution in [-0.2, 0) is 17.7 Å². The van der Waals surface area contributed by atoms with Gasteiger partial charge >= 0.3 is 6.09 Å². The average molecular weight is 360 g/mol. The number of carbonyl (C=O) groups is 1. The summed E-state index contributed by atoms with van der Waals surface area (Å²) in [5.74, 6) is 0.794. The van der Waals surface area contributed by atoms with E-state index in [1.807, 2.05) is 44.5 Å². The van der Waals surface area contributed by atoms with Gasteiger partial charge in [0.2, 0.25) is 0 Å². The van der Waals surface area contributed by atoms with Gasteiger partial charge in [0.1, 0.15) is 5.60 Å². The Morgan fingerprint density at radius 2 is 2.28 bits per heavy atom. The first kappa shape index (κ1) is 17.8.